The lowest BCUT2D eigenvalue weighted by Gasteiger charge is -2.37. The van der Waals surface area contributed by atoms with Gasteiger partial charge in [0.25, 0.3) is 0 Å². The second kappa shape index (κ2) is 6.89. The molecule has 0 aromatic carbocycles. The summed E-state index contributed by atoms with van der Waals surface area (Å²) in [7, 11) is 0. The van der Waals surface area contributed by atoms with Crippen molar-refractivity contribution in [3.05, 3.63) is 0 Å². The molecule has 7 heteroatoms. The van der Waals surface area contributed by atoms with Gasteiger partial charge < -0.3 is 21.1 Å². The zero-order chi connectivity index (χ0) is 15.4. The predicted molar refractivity (Wildman–Crippen MR) is 75.3 cm³/mol. The van der Waals surface area contributed by atoms with Gasteiger partial charge in [-0.05, 0) is 12.8 Å². The van der Waals surface area contributed by atoms with Gasteiger partial charge in [-0.1, -0.05) is 19.3 Å². The van der Waals surface area contributed by atoms with Gasteiger partial charge in [-0.25, -0.2) is 0 Å². The number of piperazine rings is 1. The Labute approximate surface area is 123 Å². The van der Waals surface area contributed by atoms with Crippen LogP contribution < -0.4 is 11.1 Å². The van der Waals surface area contributed by atoms with Crippen molar-refractivity contribution < 1.29 is 19.5 Å². The van der Waals surface area contributed by atoms with Crippen molar-refractivity contribution in [1.29, 1.82) is 0 Å². The van der Waals surface area contributed by atoms with Crippen LogP contribution in [0.1, 0.15) is 38.5 Å². The summed E-state index contributed by atoms with van der Waals surface area (Å²) < 4.78 is 0. The van der Waals surface area contributed by atoms with E-state index in [1.165, 1.54) is 4.90 Å². The van der Waals surface area contributed by atoms with Crippen molar-refractivity contribution in [1.82, 2.24) is 10.2 Å². The molecule has 1 heterocycles. The predicted octanol–water partition coefficient (Wildman–Crippen LogP) is -0.304. The molecule has 7 nitrogen and oxygen atoms in total. The van der Waals surface area contributed by atoms with E-state index >= 15 is 0 Å². The van der Waals surface area contributed by atoms with Crippen molar-refractivity contribution in [3.8, 4) is 0 Å². The molecule has 0 bridgehead atoms. The summed E-state index contributed by atoms with van der Waals surface area (Å²) in [6, 6.07) is -1.12. The molecular weight excluding hydrogens is 274 g/mol. The first-order valence-electron chi connectivity index (χ1n) is 7.56. The SMILES string of the molecule is NC1CCCCCC1C(=O)N1CCNC(=O)C1CC(=O)O. The molecule has 4 N–H and O–H groups in total. The van der Waals surface area contributed by atoms with Gasteiger partial charge >= 0.3 is 5.97 Å². The number of nitrogens with one attached hydrogen (secondary N) is 1. The molecule has 3 unspecified atom stereocenters. The lowest BCUT2D eigenvalue weighted by atomic mass is 9.92. The second-order valence-electron chi connectivity index (χ2n) is 5.84. The third kappa shape index (κ3) is 3.72. The van der Waals surface area contributed by atoms with E-state index in [-0.39, 0.29) is 30.2 Å². The highest BCUT2D eigenvalue weighted by molar-refractivity contribution is 5.92. The molecule has 1 saturated carbocycles. The van der Waals surface area contributed by atoms with E-state index in [2.05, 4.69) is 5.32 Å². The van der Waals surface area contributed by atoms with Crippen LogP contribution in [-0.4, -0.2) is 53.0 Å². The van der Waals surface area contributed by atoms with E-state index in [1.54, 1.807) is 0 Å². The van der Waals surface area contributed by atoms with E-state index in [4.69, 9.17) is 10.8 Å². The summed E-state index contributed by atoms with van der Waals surface area (Å²) in [6.07, 6.45) is 4.20. The number of rotatable bonds is 3. The van der Waals surface area contributed by atoms with Crippen LogP contribution in [-0.2, 0) is 14.4 Å². The standard InChI is InChI=1S/C14H23N3O4/c15-10-5-3-1-2-4-9(10)14(21)17-7-6-16-13(20)11(17)8-12(18)19/h9-11H,1-8,15H2,(H,16,20)(H,18,19). The van der Waals surface area contributed by atoms with Crippen molar-refractivity contribution in [3.63, 3.8) is 0 Å². The Balaban J connectivity index is 2.13. The topological polar surface area (TPSA) is 113 Å². The number of hydrogen-bond donors (Lipinski definition) is 3. The van der Waals surface area contributed by atoms with Crippen molar-refractivity contribution in [2.45, 2.75) is 50.6 Å². The average molecular weight is 297 g/mol. The quantitative estimate of drug-likeness (QED) is 0.619. The fourth-order valence-electron chi connectivity index (χ4n) is 3.20. The molecule has 118 valence electrons. The van der Waals surface area contributed by atoms with Crippen LogP contribution >= 0.6 is 0 Å². The molecule has 2 aliphatic rings. The fourth-order valence-corrected chi connectivity index (χ4v) is 3.20. The highest BCUT2D eigenvalue weighted by Gasteiger charge is 2.39. The molecule has 2 amide bonds. The molecule has 21 heavy (non-hydrogen) atoms. The summed E-state index contributed by atoms with van der Waals surface area (Å²) in [4.78, 5) is 37.0. The number of amides is 2. The monoisotopic (exact) mass is 297 g/mol. The highest BCUT2D eigenvalue weighted by Crippen LogP contribution is 2.25. The number of nitrogens with zero attached hydrogens (tertiary/aromatic N) is 1. The molecule has 3 atom stereocenters. The van der Waals surface area contributed by atoms with Crippen molar-refractivity contribution in [2.24, 2.45) is 11.7 Å². The minimum atomic E-state index is -1.08. The number of nitrogens with two attached hydrogens (primary N) is 1. The molecule has 1 aliphatic heterocycles. The Morgan fingerprint density at radius 1 is 1.29 bits per heavy atom. The first-order chi connectivity index (χ1) is 10.0. The Morgan fingerprint density at radius 2 is 2.00 bits per heavy atom. The molecule has 0 aromatic heterocycles. The zero-order valence-electron chi connectivity index (χ0n) is 12.1. The van der Waals surface area contributed by atoms with Crippen LogP contribution in [0.2, 0.25) is 0 Å². The summed E-state index contributed by atoms with van der Waals surface area (Å²) in [5, 5.41) is 11.6. The number of carbonyl (C=O) groups excluding carboxylic acids is 2. The van der Waals surface area contributed by atoms with E-state index in [9.17, 15) is 14.4 Å². The summed E-state index contributed by atoms with van der Waals surface area (Å²) in [5.41, 5.74) is 6.10. The van der Waals surface area contributed by atoms with Crippen LogP contribution in [0.4, 0.5) is 0 Å². The van der Waals surface area contributed by atoms with Gasteiger partial charge in [-0.15, -0.1) is 0 Å². The Kier molecular flexibility index (Phi) is 5.17. The lowest BCUT2D eigenvalue weighted by molar-refractivity contribution is -0.151. The third-order valence-electron chi connectivity index (χ3n) is 4.37. The van der Waals surface area contributed by atoms with Crippen LogP contribution in [0.5, 0.6) is 0 Å². The maximum atomic E-state index is 12.7. The van der Waals surface area contributed by atoms with Crippen LogP contribution in [0.25, 0.3) is 0 Å². The minimum Gasteiger partial charge on any atom is -0.481 e. The van der Waals surface area contributed by atoms with Gasteiger partial charge in [0.15, 0.2) is 0 Å². The summed E-state index contributed by atoms with van der Waals surface area (Å²) in [6.45, 7) is 0.717. The maximum absolute atomic E-state index is 12.7. The molecule has 1 aliphatic carbocycles. The Hall–Kier alpha value is -1.63. The van der Waals surface area contributed by atoms with Gasteiger partial charge in [0.1, 0.15) is 6.04 Å². The molecule has 2 fully saturated rings. The highest BCUT2D eigenvalue weighted by atomic mass is 16.4. The van der Waals surface area contributed by atoms with Gasteiger partial charge in [-0.2, -0.15) is 0 Å². The van der Waals surface area contributed by atoms with Crippen LogP contribution in [0.3, 0.4) is 0 Å². The molecule has 1 saturated heterocycles. The van der Waals surface area contributed by atoms with Gasteiger partial charge in [0, 0.05) is 19.1 Å². The Bertz CT molecular complexity index is 426. The maximum Gasteiger partial charge on any atom is 0.305 e. The third-order valence-corrected chi connectivity index (χ3v) is 4.37. The fraction of sp³-hybridized carbons (Fsp3) is 0.786. The second-order valence-corrected chi connectivity index (χ2v) is 5.84. The minimum absolute atomic E-state index is 0.162. The summed E-state index contributed by atoms with van der Waals surface area (Å²) in [5.74, 6) is -1.93. The van der Waals surface area contributed by atoms with Crippen LogP contribution in [0.15, 0.2) is 0 Å². The number of carbonyl (C=O) groups is 3. The molecule has 2 rings (SSSR count). The zero-order valence-corrected chi connectivity index (χ0v) is 12.1. The van der Waals surface area contributed by atoms with Crippen molar-refractivity contribution in [2.75, 3.05) is 13.1 Å². The average Bonchev–Trinajstić information content (AvgIpc) is 2.64. The van der Waals surface area contributed by atoms with Gasteiger partial charge in [-0.3, -0.25) is 14.4 Å². The molecule has 0 spiro atoms. The number of hydrogen-bond acceptors (Lipinski definition) is 4. The largest absolute Gasteiger partial charge is 0.481 e. The van der Waals surface area contributed by atoms with E-state index in [0.29, 0.717) is 13.1 Å². The summed E-state index contributed by atoms with van der Waals surface area (Å²) >= 11 is 0. The Morgan fingerprint density at radius 3 is 2.71 bits per heavy atom. The number of carboxylic acid groups (broad SMARTS) is 1. The van der Waals surface area contributed by atoms with Gasteiger partial charge in [0.05, 0.1) is 12.3 Å². The number of carboxylic acids is 1. The lowest BCUT2D eigenvalue weighted by Crippen LogP contribution is -2.60. The van der Waals surface area contributed by atoms with E-state index in [1.807, 2.05) is 0 Å². The molecular formula is C14H23N3O4. The first kappa shape index (κ1) is 15.8. The van der Waals surface area contributed by atoms with Gasteiger partial charge in [0.2, 0.25) is 11.8 Å². The molecule has 0 aromatic rings. The molecule has 0 radical (unpaired) electrons. The number of aliphatic carboxylic acids is 1. The van der Waals surface area contributed by atoms with E-state index < -0.39 is 12.0 Å². The smallest absolute Gasteiger partial charge is 0.305 e. The normalized spacial score (nSPS) is 30.4. The van der Waals surface area contributed by atoms with E-state index in [0.717, 1.165) is 32.1 Å². The van der Waals surface area contributed by atoms with Crippen molar-refractivity contribution >= 4 is 17.8 Å². The van der Waals surface area contributed by atoms with Crippen LogP contribution in [0, 0.1) is 5.92 Å². The first-order valence-corrected chi connectivity index (χ1v) is 7.56.